The SMILES string of the molecule is Cc1ccc([C@@H](C(=O)NC(C)(C)C)N(C(=O)c2snc(C(N)=O)c2N)c2ccc(F)cc2)cc1. The van der Waals surface area contributed by atoms with Crippen LogP contribution in [-0.4, -0.2) is 27.6 Å². The Kier molecular flexibility index (Phi) is 7.01. The second-order valence-corrected chi connectivity index (χ2v) is 9.62. The van der Waals surface area contributed by atoms with Crippen LogP contribution in [0, 0.1) is 12.7 Å². The van der Waals surface area contributed by atoms with Gasteiger partial charge in [-0.2, -0.15) is 4.37 Å². The zero-order valence-electron chi connectivity index (χ0n) is 19.3. The van der Waals surface area contributed by atoms with Crippen LogP contribution in [0.25, 0.3) is 0 Å². The van der Waals surface area contributed by atoms with E-state index in [2.05, 4.69) is 9.69 Å². The van der Waals surface area contributed by atoms with Gasteiger partial charge in [-0.05, 0) is 69.1 Å². The van der Waals surface area contributed by atoms with Crippen molar-refractivity contribution in [2.75, 3.05) is 10.6 Å². The summed E-state index contributed by atoms with van der Waals surface area (Å²) in [6, 6.07) is 11.2. The molecule has 0 fully saturated rings. The van der Waals surface area contributed by atoms with Gasteiger partial charge in [0, 0.05) is 11.2 Å². The second-order valence-electron chi connectivity index (χ2n) is 8.84. The maximum atomic E-state index is 13.8. The number of aromatic nitrogens is 1. The van der Waals surface area contributed by atoms with Gasteiger partial charge in [0.15, 0.2) is 5.69 Å². The predicted molar refractivity (Wildman–Crippen MR) is 130 cm³/mol. The number of benzene rings is 2. The van der Waals surface area contributed by atoms with Crippen LogP contribution in [0.4, 0.5) is 15.8 Å². The lowest BCUT2D eigenvalue weighted by Crippen LogP contribution is -2.49. The minimum absolute atomic E-state index is 0.0567. The Hall–Kier alpha value is -3.79. The Morgan fingerprint density at radius 1 is 1.06 bits per heavy atom. The van der Waals surface area contributed by atoms with E-state index in [-0.39, 0.29) is 21.9 Å². The summed E-state index contributed by atoms with van der Waals surface area (Å²) in [5, 5.41) is 2.91. The Morgan fingerprint density at radius 2 is 1.65 bits per heavy atom. The number of rotatable bonds is 6. The van der Waals surface area contributed by atoms with Gasteiger partial charge in [-0.1, -0.05) is 29.8 Å². The molecule has 0 aliphatic heterocycles. The summed E-state index contributed by atoms with van der Waals surface area (Å²) < 4.78 is 17.6. The van der Waals surface area contributed by atoms with Gasteiger partial charge < -0.3 is 16.8 Å². The molecule has 3 rings (SSSR count). The van der Waals surface area contributed by atoms with Crippen molar-refractivity contribution in [2.24, 2.45) is 5.73 Å². The normalized spacial score (nSPS) is 12.1. The zero-order chi connectivity index (χ0) is 25.2. The monoisotopic (exact) mass is 483 g/mol. The van der Waals surface area contributed by atoms with Gasteiger partial charge in [0.1, 0.15) is 16.7 Å². The van der Waals surface area contributed by atoms with Crippen LogP contribution >= 0.6 is 11.5 Å². The highest BCUT2D eigenvalue weighted by Gasteiger charge is 2.37. The first-order chi connectivity index (χ1) is 15.9. The highest BCUT2D eigenvalue weighted by atomic mass is 32.1. The van der Waals surface area contributed by atoms with Crippen molar-refractivity contribution in [3.8, 4) is 0 Å². The number of aryl methyl sites for hydroxylation is 1. The lowest BCUT2D eigenvalue weighted by molar-refractivity contribution is -0.123. The Labute approximate surface area is 200 Å². The van der Waals surface area contributed by atoms with E-state index in [1.54, 1.807) is 12.1 Å². The highest BCUT2D eigenvalue weighted by molar-refractivity contribution is 7.09. The molecule has 3 amide bonds. The fraction of sp³-hybridized carbons (Fsp3) is 0.250. The van der Waals surface area contributed by atoms with Crippen LogP contribution in [0.1, 0.15) is 58.1 Å². The largest absolute Gasteiger partial charge is 0.395 e. The fourth-order valence-electron chi connectivity index (χ4n) is 3.33. The summed E-state index contributed by atoms with van der Waals surface area (Å²) >= 11 is 0.706. The van der Waals surface area contributed by atoms with Crippen molar-refractivity contribution in [1.29, 1.82) is 0 Å². The molecule has 178 valence electrons. The van der Waals surface area contributed by atoms with E-state index in [9.17, 15) is 18.8 Å². The first-order valence-electron chi connectivity index (χ1n) is 10.4. The Balaban J connectivity index is 2.22. The van der Waals surface area contributed by atoms with Gasteiger partial charge >= 0.3 is 0 Å². The molecule has 0 unspecified atom stereocenters. The van der Waals surface area contributed by atoms with Gasteiger partial charge in [0.25, 0.3) is 11.8 Å². The first kappa shape index (κ1) is 24.8. The molecule has 0 aliphatic carbocycles. The summed E-state index contributed by atoms with van der Waals surface area (Å²) in [6.45, 7) is 7.37. The minimum Gasteiger partial charge on any atom is -0.395 e. The van der Waals surface area contributed by atoms with Crippen molar-refractivity contribution < 1.29 is 18.8 Å². The van der Waals surface area contributed by atoms with Gasteiger partial charge in [0.05, 0.1) is 5.69 Å². The number of nitrogen functional groups attached to an aromatic ring is 1. The average Bonchev–Trinajstić information content (AvgIpc) is 3.13. The van der Waals surface area contributed by atoms with E-state index in [0.29, 0.717) is 17.1 Å². The standard InChI is InChI=1S/C24H26FN5O3S/c1-13-5-7-14(8-6-13)19(22(32)28-24(2,3)4)30(16-11-9-15(25)10-12-16)23(33)20-17(26)18(21(27)31)29-34-20/h5-12,19H,26H2,1-4H3,(H2,27,31)(H,28,32)/t19-/m0/s1. The third-order valence-corrected chi connectivity index (χ3v) is 5.73. The number of nitrogens with zero attached hydrogens (tertiary/aromatic N) is 2. The maximum Gasteiger partial charge on any atom is 0.273 e. The summed E-state index contributed by atoms with van der Waals surface area (Å²) in [7, 11) is 0. The van der Waals surface area contributed by atoms with E-state index >= 15 is 0 Å². The third-order valence-electron chi connectivity index (χ3n) is 4.88. The Morgan fingerprint density at radius 3 is 2.15 bits per heavy atom. The average molecular weight is 484 g/mol. The minimum atomic E-state index is -1.13. The van der Waals surface area contributed by atoms with Crippen LogP contribution in [-0.2, 0) is 4.79 Å². The quantitative estimate of drug-likeness (QED) is 0.493. The molecule has 1 atom stereocenters. The van der Waals surface area contributed by atoms with Crippen LogP contribution in [0.2, 0.25) is 0 Å². The summed E-state index contributed by atoms with van der Waals surface area (Å²) in [5.74, 6) is -2.51. The van der Waals surface area contributed by atoms with E-state index in [1.165, 1.54) is 29.2 Å². The third kappa shape index (κ3) is 5.40. The number of anilines is 2. The van der Waals surface area contributed by atoms with Gasteiger partial charge in [0.2, 0.25) is 5.91 Å². The van der Waals surface area contributed by atoms with E-state index < -0.39 is 35.1 Å². The molecule has 0 saturated heterocycles. The molecule has 3 aromatic rings. The molecule has 0 spiro atoms. The second kappa shape index (κ2) is 9.60. The molecule has 5 N–H and O–H groups in total. The molecule has 1 aromatic heterocycles. The van der Waals surface area contributed by atoms with E-state index in [1.807, 2.05) is 39.8 Å². The molecule has 0 bridgehead atoms. The topological polar surface area (TPSA) is 131 Å². The summed E-state index contributed by atoms with van der Waals surface area (Å²) in [4.78, 5) is 40.2. The van der Waals surface area contributed by atoms with Crippen molar-refractivity contribution in [2.45, 2.75) is 39.3 Å². The smallest absolute Gasteiger partial charge is 0.273 e. The number of hydrogen-bond acceptors (Lipinski definition) is 6. The number of carbonyl (C=O) groups is 3. The fourth-order valence-corrected chi connectivity index (χ4v) is 4.07. The molecule has 1 heterocycles. The number of primary amides is 1. The number of nitrogens with two attached hydrogens (primary N) is 2. The molecule has 10 heteroatoms. The van der Waals surface area contributed by atoms with Crippen LogP contribution < -0.4 is 21.7 Å². The van der Waals surface area contributed by atoms with Crippen molar-refractivity contribution in [3.63, 3.8) is 0 Å². The molecule has 0 radical (unpaired) electrons. The highest BCUT2D eigenvalue weighted by Crippen LogP contribution is 2.33. The Bertz CT molecular complexity index is 1220. The van der Waals surface area contributed by atoms with Crippen molar-refractivity contribution >= 4 is 40.6 Å². The van der Waals surface area contributed by atoms with Crippen LogP contribution in [0.15, 0.2) is 48.5 Å². The summed E-state index contributed by atoms with van der Waals surface area (Å²) in [6.07, 6.45) is 0. The molecule has 2 aromatic carbocycles. The summed E-state index contributed by atoms with van der Waals surface area (Å²) in [5.41, 5.74) is 12.1. The molecular weight excluding hydrogens is 457 g/mol. The number of halogens is 1. The van der Waals surface area contributed by atoms with Crippen molar-refractivity contribution in [1.82, 2.24) is 9.69 Å². The molecule has 0 saturated carbocycles. The zero-order valence-corrected chi connectivity index (χ0v) is 20.1. The molecular formula is C24H26FN5O3S. The first-order valence-corrected chi connectivity index (χ1v) is 11.2. The van der Waals surface area contributed by atoms with Gasteiger partial charge in [-0.25, -0.2) is 4.39 Å². The van der Waals surface area contributed by atoms with Crippen LogP contribution in [0.5, 0.6) is 0 Å². The maximum absolute atomic E-state index is 13.8. The molecule has 0 aliphatic rings. The number of nitrogens with one attached hydrogen (secondary N) is 1. The van der Waals surface area contributed by atoms with Gasteiger partial charge in [-0.3, -0.25) is 19.3 Å². The lowest BCUT2D eigenvalue weighted by atomic mass is 9.99. The number of hydrogen-bond donors (Lipinski definition) is 3. The lowest BCUT2D eigenvalue weighted by Gasteiger charge is -2.33. The number of amides is 3. The van der Waals surface area contributed by atoms with E-state index in [4.69, 9.17) is 11.5 Å². The van der Waals surface area contributed by atoms with Crippen molar-refractivity contribution in [3.05, 3.63) is 76.0 Å². The van der Waals surface area contributed by atoms with Gasteiger partial charge in [-0.15, -0.1) is 0 Å². The number of carbonyl (C=O) groups excluding carboxylic acids is 3. The predicted octanol–water partition coefficient (Wildman–Crippen LogP) is 3.57. The van der Waals surface area contributed by atoms with Crippen LogP contribution in [0.3, 0.4) is 0 Å². The molecule has 8 nitrogen and oxygen atoms in total. The van der Waals surface area contributed by atoms with E-state index in [0.717, 1.165) is 5.56 Å². The molecule has 34 heavy (non-hydrogen) atoms.